The minimum Gasteiger partial charge on any atom is -0.465 e. The third kappa shape index (κ3) is 3.86. The summed E-state index contributed by atoms with van der Waals surface area (Å²) in [5.74, 6) is 0.149. The number of amides is 1. The number of morpholine rings is 1. The molecule has 2 aromatic rings. The highest BCUT2D eigenvalue weighted by Gasteiger charge is 2.37. The molecule has 0 spiro atoms. The maximum absolute atomic E-state index is 13.4. The number of carbonyl (C=O) groups is 1. The van der Waals surface area contributed by atoms with E-state index in [1.807, 2.05) is 4.90 Å². The summed E-state index contributed by atoms with van der Waals surface area (Å²) < 4.78 is 45.9. The minimum absolute atomic E-state index is 0.00729. The first-order valence-electron chi connectivity index (χ1n) is 8.75. The van der Waals surface area contributed by atoms with Gasteiger partial charge in [0.1, 0.15) is 5.82 Å². The van der Waals surface area contributed by atoms with Crippen molar-refractivity contribution in [3.8, 4) is 11.4 Å². The van der Waals surface area contributed by atoms with E-state index >= 15 is 0 Å². The Hall–Kier alpha value is -2.88. The van der Waals surface area contributed by atoms with Crippen LogP contribution in [-0.2, 0) is 10.9 Å². The van der Waals surface area contributed by atoms with Crippen molar-refractivity contribution in [2.45, 2.75) is 31.2 Å². The van der Waals surface area contributed by atoms with Gasteiger partial charge in [-0.25, -0.2) is 14.8 Å². The molecule has 1 aromatic heterocycles. The number of aromatic nitrogens is 2. The van der Waals surface area contributed by atoms with Crippen LogP contribution in [0.3, 0.4) is 0 Å². The molecule has 2 unspecified atom stereocenters. The fourth-order valence-electron chi connectivity index (χ4n) is 3.50. The monoisotopic (exact) mass is 394 g/mol. The topological polar surface area (TPSA) is 87.6 Å². The minimum atomic E-state index is -4.61. The van der Waals surface area contributed by atoms with Crippen LogP contribution in [-0.4, -0.2) is 46.5 Å². The van der Waals surface area contributed by atoms with Crippen LogP contribution in [0, 0.1) is 0 Å². The lowest BCUT2D eigenvalue weighted by molar-refractivity contribution is -0.141. The van der Waals surface area contributed by atoms with Gasteiger partial charge in [0.2, 0.25) is 0 Å². The zero-order valence-electron chi connectivity index (χ0n) is 14.6. The molecule has 7 nitrogen and oxygen atoms in total. The number of carboxylic acid groups (broad SMARTS) is 1. The van der Waals surface area contributed by atoms with E-state index in [1.165, 1.54) is 24.3 Å². The molecule has 2 fully saturated rings. The van der Waals surface area contributed by atoms with Crippen LogP contribution in [0.15, 0.2) is 30.3 Å². The van der Waals surface area contributed by atoms with Crippen molar-refractivity contribution in [2.75, 3.05) is 23.3 Å². The predicted molar refractivity (Wildman–Crippen MR) is 94.2 cm³/mol. The van der Waals surface area contributed by atoms with Crippen molar-refractivity contribution >= 4 is 17.6 Å². The Morgan fingerprint density at radius 3 is 2.36 bits per heavy atom. The van der Waals surface area contributed by atoms with Gasteiger partial charge in [-0.2, -0.15) is 13.2 Å². The molecule has 28 heavy (non-hydrogen) atoms. The van der Waals surface area contributed by atoms with Gasteiger partial charge in [0.25, 0.3) is 0 Å². The smallest absolute Gasteiger partial charge is 0.433 e. The van der Waals surface area contributed by atoms with Crippen molar-refractivity contribution in [3.63, 3.8) is 0 Å². The number of ether oxygens (including phenoxy) is 1. The lowest BCUT2D eigenvalue weighted by Crippen LogP contribution is -2.43. The Labute approximate surface area is 158 Å². The van der Waals surface area contributed by atoms with Crippen LogP contribution < -0.4 is 10.2 Å². The second-order valence-electron chi connectivity index (χ2n) is 6.80. The number of nitrogens with zero attached hydrogens (tertiary/aromatic N) is 3. The summed E-state index contributed by atoms with van der Waals surface area (Å²) in [5, 5.41) is 10.9. The van der Waals surface area contributed by atoms with E-state index in [0.29, 0.717) is 24.3 Å². The average molecular weight is 394 g/mol. The molecule has 1 amide bonds. The first kappa shape index (κ1) is 18.5. The zero-order valence-corrected chi connectivity index (χ0v) is 14.6. The quantitative estimate of drug-likeness (QED) is 0.827. The number of alkyl halides is 3. The average Bonchev–Trinajstić information content (AvgIpc) is 2.98. The number of nitrogens with one attached hydrogen (secondary N) is 1. The number of hydrogen-bond acceptors (Lipinski definition) is 5. The molecule has 2 aliphatic heterocycles. The van der Waals surface area contributed by atoms with Crippen molar-refractivity contribution in [1.29, 1.82) is 0 Å². The Balaban J connectivity index is 1.69. The Kier molecular flexibility index (Phi) is 4.58. The van der Waals surface area contributed by atoms with Crippen molar-refractivity contribution in [1.82, 2.24) is 9.97 Å². The van der Waals surface area contributed by atoms with Crippen molar-refractivity contribution in [3.05, 3.63) is 36.0 Å². The van der Waals surface area contributed by atoms with Gasteiger partial charge in [-0.1, -0.05) is 0 Å². The fourth-order valence-corrected chi connectivity index (χ4v) is 3.50. The molecule has 0 radical (unpaired) electrons. The van der Waals surface area contributed by atoms with E-state index in [0.717, 1.165) is 18.9 Å². The molecule has 3 heterocycles. The molecule has 2 N–H and O–H groups in total. The largest absolute Gasteiger partial charge is 0.465 e. The summed E-state index contributed by atoms with van der Waals surface area (Å²) in [7, 11) is 0. The first-order valence-corrected chi connectivity index (χ1v) is 8.75. The molecular weight excluding hydrogens is 377 g/mol. The molecule has 2 bridgehead atoms. The Morgan fingerprint density at radius 1 is 1.14 bits per heavy atom. The van der Waals surface area contributed by atoms with E-state index in [2.05, 4.69) is 15.3 Å². The van der Waals surface area contributed by atoms with Gasteiger partial charge in [-0.15, -0.1) is 0 Å². The molecular formula is C18H17F3N4O3. The second-order valence-corrected chi connectivity index (χ2v) is 6.80. The van der Waals surface area contributed by atoms with Crippen LogP contribution in [0.4, 0.5) is 29.5 Å². The van der Waals surface area contributed by atoms with E-state index in [-0.39, 0.29) is 23.9 Å². The molecule has 4 rings (SSSR count). The van der Waals surface area contributed by atoms with Gasteiger partial charge in [0, 0.05) is 30.4 Å². The summed E-state index contributed by atoms with van der Waals surface area (Å²) in [4.78, 5) is 20.5. The molecule has 0 aliphatic carbocycles. The summed E-state index contributed by atoms with van der Waals surface area (Å²) in [6.45, 7) is 0.984. The number of fused-ring (bicyclic) bond motifs is 2. The normalized spacial score (nSPS) is 21.6. The standard InChI is InChI=1S/C18H17F3N4O3/c19-18(20,21)14-7-15(25-8-12-5-6-13(9-25)28-12)24-16(23-14)10-1-3-11(4-2-10)22-17(26)27/h1-4,7,12-13,22H,5-6,8-9H2,(H,26,27). The van der Waals surface area contributed by atoms with E-state index < -0.39 is 18.0 Å². The molecule has 10 heteroatoms. The third-order valence-corrected chi connectivity index (χ3v) is 4.76. The molecule has 2 aliphatic rings. The highest BCUT2D eigenvalue weighted by atomic mass is 19.4. The Morgan fingerprint density at radius 2 is 1.79 bits per heavy atom. The van der Waals surface area contributed by atoms with Crippen LogP contribution >= 0.6 is 0 Å². The van der Waals surface area contributed by atoms with E-state index in [9.17, 15) is 18.0 Å². The maximum atomic E-state index is 13.4. The molecule has 2 saturated heterocycles. The van der Waals surface area contributed by atoms with Gasteiger partial charge in [-0.3, -0.25) is 5.32 Å². The van der Waals surface area contributed by atoms with Crippen LogP contribution in [0.5, 0.6) is 0 Å². The fraction of sp³-hybridized carbons (Fsp3) is 0.389. The SMILES string of the molecule is O=C(O)Nc1ccc(-c2nc(N3CC4CCC(C3)O4)cc(C(F)(F)F)n2)cc1. The van der Waals surface area contributed by atoms with E-state index in [4.69, 9.17) is 9.84 Å². The number of hydrogen-bond donors (Lipinski definition) is 2. The van der Waals surface area contributed by atoms with Gasteiger partial charge in [-0.05, 0) is 37.1 Å². The highest BCUT2D eigenvalue weighted by molar-refractivity contribution is 5.83. The van der Waals surface area contributed by atoms with E-state index in [1.54, 1.807) is 0 Å². The van der Waals surface area contributed by atoms with Crippen molar-refractivity contribution in [2.24, 2.45) is 0 Å². The molecule has 1 aromatic carbocycles. The maximum Gasteiger partial charge on any atom is 0.433 e. The van der Waals surface area contributed by atoms with Gasteiger partial charge >= 0.3 is 12.3 Å². The second kappa shape index (κ2) is 6.93. The summed E-state index contributed by atoms with van der Waals surface area (Å²) in [6.07, 6.45) is -4.04. The summed E-state index contributed by atoms with van der Waals surface area (Å²) >= 11 is 0. The van der Waals surface area contributed by atoms with Crippen LogP contribution in [0.2, 0.25) is 0 Å². The van der Waals surface area contributed by atoms with Crippen LogP contribution in [0.1, 0.15) is 18.5 Å². The molecule has 0 saturated carbocycles. The predicted octanol–water partition coefficient (Wildman–Crippen LogP) is 3.62. The third-order valence-electron chi connectivity index (χ3n) is 4.76. The Bertz CT molecular complexity index is 877. The lowest BCUT2D eigenvalue weighted by Gasteiger charge is -2.33. The summed E-state index contributed by atoms with van der Waals surface area (Å²) in [5.41, 5.74) is -0.355. The van der Waals surface area contributed by atoms with Gasteiger partial charge in [0.15, 0.2) is 11.5 Å². The first-order chi connectivity index (χ1) is 13.3. The number of rotatable bonds is 3. The van der Waals surface area contributed by atoms with Gasteiger partial charge < -0.3 is 14.7 Å². The number of halogens is 3. The number of anilines is 2. The number of benzene rings is 1. The van der Waals surface area contributed by atoms with Gasteiger partial charge in [0.05, 0.1) is 12.2 Å². The summed E-state index contributed by atoms with van der Waals surface area (Å²) in [6, 6.07) is 6.82. The van der Waals surface area contributed by atoms with Crippen molar-refractivity contribution < 1.29 is 27.8 Å². The molecule has 2 atom stereocenters. The van der Waals surface area contributed by atoms with Crippen LogP contribution in [0.25, 0.3) is 11.4 Å². The highest BCUT2D eigenvalue weighted by Crippen LogP contribution is 2.34. The zero-order chi connectivity index (χ0) is 19.9. The molecule has 148 valence electrons. The lowest BCUT2D eigenvalue weighted by atomic mass is 10.2.